The fraction of sp³-hybridized carbons (Fsp3) is 0.182. The number of hydrogen-bond donors (Lipinski definition) is 1. The van der Waals surface area contributed by atoms with Crippen molar-refractivity contribution in [1.29, 1.82) is 0 Å². The molecule has 0 saturated carbocycles. The Morgan fingerprint density at radius 1 is 1.22 bits per heavy atom. The van der Waals surface area contributed by atoms with Crippen LogP contribution in [0.25, 0.3) is 21.9 Å². The van der Waals surface area contributed by atoms with Crippen LogP contribution in [0.2, 0.25) is 0 Å². The minimum atomic E-state index is -0.0560. The minimum Gasteiger partial charge on any atom is -0.349 e. The number of nitrogens with one attached hydrogen (secondary N) is 1. The first-order chi connectivity index (χ1) is 13.1. The molecule has 2 aromatic carbocycles. The van der Waals surface area contributed by atoms with Gasteiger partial charge >= 0.3 is 0 Å². The molecule has 0 aliphatic rings. The lowest BCUT2D eigenvalue weighted by Gasteiger charge is -2.11. The number of aromatic amines is 1. The summed E-state index contributed by atoms with van der Waals surface area (Å²) in [4.78, 5) is 21.2. The second-order valence-corrected chi connectivity index (χ2v) is 7.65. The molecule has 0 aliphatic carbocycles. The molecule has 4 rings (SSSR count). The van der Waals surface area contributed by atoms with Crippen LogP contribution < -0.4 is 5.56 Å². The Bertz CT molecular complexity index is 1220. The Labute approximate surface area is 161 Å². The lowest BCUT2D eigenvalue weighted by Crippen LogP contribution is -2.22. The van der Waals surface area contributed by atoms with E-state index in [1.807, 2.05) is 24.3 Å². The Hall–Kier alpha value is -2.79. The zero-order chi connectivity index (χ0) is 19.0. The largest absolute Gasteiger partial charge is 0.349 e. The standard InChI is InChI=1S/C22H21N3OS/c1-4-11-25-21(26)20-19(17-7-5-6-8-18(17)23-20)24-22(25)27-13-16-12-14(2)9-10-15(16)3/h4-10,12,23H,1,11,13H2,2-3H3. The number of fused-ring (bicyclic) bond motifs is 3. The van der Waals surface area contributed by atoms with Crippen molar-refractivity contribution in [2.75, 3.05) is 0 Å². The SMILES string of the molecule is C=CCn1c(SCc2cc(C)ccc2C)nc2c([nH]c3ccccc32)c1=O. The van der Waals surface area contributed by atoms with Gasteiger partial charge in [0.1, 0.15) is 11.0 Å². The smallest absolute Gasteiger partial charge is 0.278 e. The van der Waals surface area contributed by atoms with E-state index in [1.165, 1.54) is 16.7 Å². The van der Waals surface area contributed by atoms with E-state index in [4.69, 9.17) is 4.98 Å². The number of aromatic nitrogens is 3. The van der Waals surface area contributed by atoms with Crippen molar-refractivity contribution in [2.45, 2.75) is 31.3 Å². The zero-order valence-electron chi connectivity index (χ0n) is 15.5. The highest BCUT2D eigenvalue weighted by Gasteiger charge is 2.15. The second kappa shape index (κ2) is 7.08. The summed E-state index contributed by atoms with van der Waals surface area (Å²) in [5.74, 6) is 0.769. The molecule has 0 saturated heterocycles. The van der Waals surface area contributed by atoms with E-state index in [-0.39, 0.29) is 5.56 Å². The van der Waals surface area contributed by atoms with Gasteiger partial charge in [0.25, 0.3) is 5.56 Å². The maximum absolute atomic E-state index is 13.1. The number of para-hydroxylation sites is 1. The van der Waals surface area contributed by atoms with Gasteiger partial charge in [0.05, 0.1) is 0 Å². The topological polar surface area (TPSA) is 50.7 Å². The van der Waals surface area contributed by atoms with Crippen LogP contribution in [-0.2, 0) is 12.3 Å². The van der Waals surface area contributed by atoms with E-state index < -0.39 is 0 Å². The molecule has 0 fully saturated rings. The van der Waals surface area contributed by atoms with Crippen molar-refractivity contribution >= 4 is 33.7 Å². The number of hydrogen-bond acceptors (Lipinski definition) is 3. The monoisotopic (exact) mass is 375 g/mol. The van der Waals surface area contributed by atoms with Crippen molar-refractivity contribution in [3.8, 4) is 0 Å². The molecule has 0 aliphatic heterocycles. The highest BCUT2D eigenvalue weighted by Crippen LogP contribution is 2.27. The first-order valence-electron chi connectivity index (χ1n) is 8.89. The fourth-order valence-electron chi connectivity index (χ4n) is 3.27. The average Bonchev–Trinajstić information content (AvgIpc) is 3.04. The molecule has 4 nitrogen and oxygen atoms in total. The Kier molecular flexibility index (Phi) is 4.62. The van der Waals surface area contributed by atoms with E-state index in [0.717, 1.165) is 27.3 Å². The number of H-pyrrole nitrogens is 1. The minimum absolute atomic E-state index is 0.0560. The third-order valence-corrected chi connectivity index (χ3v) is 5.77. The molecule has 5 heteroatoms. The van der Waals surface area contributed by atoms with Crippen molar-refractivity contribution in [2.24, 2.45) is 0 Å². The lowest BCUT2D eigenvalue weighted by molar-refractivity contribution is 0.671. The summed E-state index contributed by atoms with van der Waals surface area (Å²) in [6.45, 7) is 8.44. The van der Waals surface area contributed by atoms with Gasteiger partial charge < -0.3 is 4.98 Å². The number of aryl methyl sites for hydroxylation is 2. The van der Waals surface area contributed by atoms with Crippen LogP contribution in [0.4, 0.5) is 0 Å². The molecule has 0 radical (unpaired) electrons. The molecular formula is C22H21N3OS. The molecule has 27 heavy (non-hydrogen) atoms. The first kappa shape index (κ1) is 17.6. The van der Waals surface area contributed by atoms with Crippen LogP contribution in [0.3, 0.4) is 0 Å². The molecule has 136 valence electrons. The van der Waals surface area contributed by atoms with Crippen molar-refractivity contribution in [3.05, 3.63) is 82.2 Å². The predicted octanol–water partition coefficient (Wildman–Crippen LogP) is 4.97. The predicted molar refractivity (Wildman–Crippen MR) is 114 cm³/mol. The van der Waals surface area contributed by atoms with E-state index in [0.29, 0.717) is 12.1 Å². The molecule has 0 spiro atoms. The Balaban J connectivity index is 1.83. The number of thioether (sulfide) groups is 1. The van der Waals surface area contributed by atoms with Crippen molar-refractivity contribution in [3.63, 3.8) is 0 Å². The van der Waals surface area contributed by atoms with Gasteiger partial charge in [-0.15, -0.1) is 6.58 Å². The Morgan fingerprint density at radius 2 is 2.04 bits per heavy atom. The summed E-state index contributed by atoms with van der Waals surface area (Å²) in [5, 5.41) is 1.70. The third kappa shape index (κ3) is 3.19. The van der Waals surface area contributed by atoms with Gasteiger partial charge in [0.2, 0.25) is 0 Å². The van der Waals surface area contributed by atoms with Crippen LogP contribution in [0.15, 0.2) is 65.1 Å². The van der Waals surface area contributed by atoms with Gasteiger partial charge in [0.15, 0.2) is 5.16 Å². The molecule has 0 unspecified atom stereocenters. The summed E-state index contributed by atoms with van der Waals surface area (Å²) in [6, 6.07) is 14.3. The van der Waals surface area contributed by atoms with Gasteiger partial charge in [-0.1, -0.05) is 59.8 Å². The third-order valence-electron chi connectivity index (χ3n) is 4.75. The molecule has 0 amide bonds. The van der Waals surface area contributed by atoms with Crippen LogP contribution in [0, 0.1) is 13.8 Å². The lowest BCUT2D eigenvalue weighted by atomic mass is 10.1. The van der Waals surface area contributed by atoms with E-state index >= 15 is 0 Å². The summed E-state index contributed by atoms with van der Waals surface area (Å²) >= 11 is 1.59. The number of nitrogens with zero attached hydrogens (tertiary/aromatic N) is 2. The summed E-state index contributed by atoms with van der Waals surface area (Å²) in [5.41, 5.74) is 5.91. The molecule has 0 atom stereocenters. The summed E-state index contributed by atoms with van der Waals surface area (Å²) < 4.78 is 1.69. The van der Waals surface area contributed by atoms with Gasteiger partial charge in [-0.25, -0.2) is 4.98 Å². The maximum Gasteiger partial charge on any atom is 0.278 e. The molecular weight excluding hydrogens is 354 g/mol. The van der Waals surface area contributed by atoms with E-state index in [1.54, 1.807) is 22.4 Å². The summed E-state index contributed by atoms with van der Waals surface area (Å²) in [7, 11) is 0. The van der Waals surface area contributed by atoms with E-state index in [2.05, 4.69) is 43.6 Å². The van der Waals surface area contributed by atoms with E-state index in [9.17, 15) is 4.79 Å². The molecule has 0 bridgehead atoms. The molecule has 2 aromatic heterocycles. The normalized spacial score (nSPS) is 11.3. The maximum atomic E-state index is 13.1. The second-order valence-electron chi connectivity index (χ2n) is 6.71. The van der Waals surface area contributed by atoms with Crippen LogP contribution in [0.5, 0.6) is 0 Å². The van der Waals surface area contributed by atoms with Crippen LogP contribution in [0.1, 0.15) is 16.7 Å². The molecule has 4 aromatic rings. The van der Waals surface area contributed by atoms with Crippen molar-refractivity contribution < 1.29 is 0 Å². The zero-order valence-corrected chi connectivity index (χ0v) is 16.3. The van der Waals surface area contributed by atoms with Crippen LogP contribution >= 0.6 is 11.8 Å². The average molecular weight is 375 g/mol. The molecule has 1 N–H and O–H groups in total. The number of rotatable bonds is 5. The molecule has 2 heterocycles. The van der Waals surface area contributed by atoms with Crippen LogP contribution in [-0.4, -0.2) is 14.5 Å². The van der Waals surface area contributed by atoms with Crippen molar-refractivity contribution in [1.82, 2.24) is 14.5 Å². The Morgan fingerprint density at radius 3 is 2.85 bits per heavy atom. The van der Waals surface area contributed by atoms with Gasteiger partial charge in [0, 0.05) is 23.2 Å². The number of benzene rings is 2. The summed E-state index contributed by atoms with van der Waals surface area (Å²) in [6.07, 6.45) is 1.74. The van der Waals surface area contributed by atoms with Gasteiger partial charge in [-0.3, -0.25) is 9.36 Å². The van der Waals surface area contributed by atoms with Gasteiger partial charge in [-0.05, 0) is 31.0 Å². The first-order valence-corrected chi connectivity index (χ1v) is 9.88. The van der Waals surface area contributed by atoms with Gasteiger partial charge in [-0.2, -0.15) is 0 Å². The number of allylic oxidation sites excluding steroid dienone is 1. The quantitative estimate of drug-likeness (QED) is 0.304. The fourth-order valence-corrected chi connectivity index (χ4v) is 4.34. The highest BCUT2D eigenvalue weighted by atomic mass is 32.2. The highest BCUT2D eigenvalue weighted by molar-refractivity contribution is 7.98.